The number of hydrazine groups is 2. The molecule has 1 saturated heterocycles. The van der Waals surface area contributed by atoms with Crippen molar-refractivity contribution in [2.45, 2.75) is 76.4 Å². The second-order valence-corrected chi connectivity index (χ2v) is 11.0. The molecule has 0 spiro atoms. The van der Waals surface area contributed by atoms with Crippen LogP contribution in [-0.2, 0) is 0 Å². The lowest BCUT2D eigenvalue weighted by Crippen LogP contribution is -2.60. The molecule has 9 nitrogen and oxygen atoms in total. The highest BCUT2D eigenvalue weighted by Crippen LogP contribution is 2.41. The number of hydrazone groups is 1. The van der Waals surface area contributed by atoms with Gasteiger partial charge in [-0.15, -0.1) is 10.6 Å². The minimum absolute atomic E-state index is 0.0521. The summed E-state index contributed by atoms with van der Waals surface area (Å²) in [6.45, 7) is 8.70. The van der Waals surface area contributed by atoms with Crippen molar-refractivity contribution in [3.8, 4) is 0 Å². The van der Waals surface area contributed by atoms with E-state index < -0.39 is 5.82 Å². The molecule has 1 aliphatic carbocycles. The number of nitrogens with one attached hydrogen (secondary N) is 5. The predicted octanol–water partition coefficient (Wildman–Crippen LogP) is 3.57. The number of hydrogen-bond acceptors (Lipinski definition) is 9. The monoisotopic (exact) mass is 467 g/mol. The molecular weight excluding hydrogens is 433 g/mol. The summed E-state index contributed by atoms with van der Waals surface area (Å²) in [7, 11) is 1.90. The summed E-state index contributed by atoms with van der Waals surface area (Å²) >= 11 is 0. The van der Waals surface area contributed by atoms with Crippen LogP contribution in [0.25, 0.3) is 0 Å². The summed E-state index contributed by atoms with van der Waals surface area (Å²) in [6, 6.07) is 6.40. The lowest BCUT2D eigenvalue weighted by molar-refractivity contribution is 0.170. The zero-order valence-electron chi connectivity index (χ0n) is 20.5. The first-order chi connectivity index (χ1) is 16.1. The number of aromatic nitrogens is 2. The van der Waals surface area contributed by atoms with Crippen molar-refractivity contribution in [3.05, 3.63) is 41.3 Å². The summed E-state index contributed by atoms with van der Waals surface area (Å²) in [6.07, 6.45) is 5.33. The van der Waals surface area contributed by atoms with E-state index >= 15 is 0 Å². The van der Waals surface area contributed by atoms with Gasteiger partial charge in [-0.05, 0) is 83.1 Å². The highest BCUT2D eigenvalue weighted by Gasteiger charge is 2.38. The maximum absolute atomic E-state index is 14.7. The fourth-order valence-corrected chi connectivity index (χ4v) is 5.32. The highest BCUT2D eigenvalue weighted by molar-refractivity contribution is 6.00. The van der Waals surface area contributed by atoms with Crippen LogP contribution in [0.4, 0.5) is 21.8 Å². The van der Waals surface area contributed by atoms with E-state index in [4.69, 9.17) is 0 Å². The van der Waals surface area contributed by atoms with Gasteiger partial charge in [-0.25, -0.2) is 14.9 Å². The van der Waals surface area contributed by atoms with Crippen LogP contribution in [0.15, 0.2) is 29.5 Å². The SMILES string of the molecule is CN1NNN=C1c1cc(Nc2ncc(F)c(NC3CC(C)(C)NC(C)(C)C3)n2)cc(C2CC2)c1. The number of amidine groups is 1. The van der Waals surface area contributed by atoms with Crippen molar-refractivity contribution < 1.29 is 4.39 Å². The fraction of sp³-hybridized carbons (Fsp3) is 0.542. The maximum atomic E-state index is 14.7. The van der Waals surface area contributed by atoms with Crippen LogP contribution in [-0.4, -0.2) is 45.0 Å². The van der Waals surface area contributed by atoms with Crippen LogP contribution in [0.2, 0.25) is 0 Å². The van der Waals surface area contributed by atoms with E-state index in [1.54, 1.807) is 0 Å². The first kappa shape index (κ1) is 22.8. The molecule has 3 heterocycles. The number of benzene rings is 1. The van der Waals surface area contributed by atoms with Crippen LogP contribution in [0.3, 0.4) is 0 Å². The Bertz CT molecular complexity index is 1090. The topological polar surface area (TPSA) is 102 Å². The lowest BCUT2D eigenvalue weighted by atomic mass is 9.79. The molecular formula is C24H34FN9. The van der Waals surface area contributed by atoms with Gasteiger partial charge in [-0.1, -0.05) is 0 Å². The maximum Gasteiger partial charge on any atom is 0.229 e. The molecule has 5 N–H and O–H groups in total. The second kappa shape index (κ2) is 8.35. The molecule has 5 rings (SSSR count). The Hall–Kier alpha value is -2.98. The molecule has 0 bridgehead atoms. The summed E-state index contributed by atoms with van der Waals surface area (Å²) in [5.74, 6) is 1.48. The Morgan fingerprint density at radius 2 is 1.82 bits per heavy atom. The molecule has 0 amide bonds. The molecule has 1 aromatic carbocycles. The van der Waals surface area contributed by atoms with Crippen molar-refractivity contribution in [3.63, 3.8) is 0 Å². The Labute approximate surface area is 199 Å². The smallest absolute Gasteiger partial charge is 0.229 e. The van der Waals surface area contributed by atoms with Gasteiger partial charge in [0.05, 0.1) is 6.20 Å². The van der Waals surface area contributed by atoms with E-state index in [0.717, 1.165) is 29.9 Å². The molecule has 0 unspecified atom stereocenters. The highest BCUT2D eigenvalue weighted by atomic mass is 19.1. The molecule has 1 saturated carbocycles. The molecule has 1 aromatic heterocycles. The third-order valence-corrected chi connectivity index (χ3v) is 6.49. The van der Waals surface area contributed by atoms with E-state index in [1.807, 2.05) is 18.1 Å². The molecule has 182 valence electrons. The molecule has 2 aliphatic heterocycles. The first-order valence-corrected chi connectivity index (χ1v) is 11.9. The summed E-state index contributed by atoms with van der Waals surface area (Å²) in [5.41, 5.74) is 8.71. The van der Waals surface area contributed by atoms with Crippen LogP contribution in [0.1, 0.15) is 70.4 Å². The molecule has 3 aliphatic rings. The molecule has 2 aromatic rings. The predicted molar refractivity (Wildman–Crippen MR) is 132 cm³/mol. The fourth-order valence-electron chi connectivity index (χ4n) is 5.32. The third kappa shape index (κ3) is 5.07. The van der Waals surface area contributed by atoms with Gasteiger partial charge in [-0.3, -0.25) is 5.01 Å². The largest absolute Gasteiger partial charge is 0.365 e. The van der Waals surface area contributed by atoms with E-state index in [1.165, 1.54) is 24.6 Å². The average molecular weight is 468 g/mol. The van der Waals surface area contributed by atoms with Gasteiger partial charge in [-0.2, -0.15) is 4.98 Å². The van der Waals surface area contributed by atoms with Gasteiger partial charge < -0.3 is 16.0 Å². The van der Waals surface area contributed by atoms with Crippen LogP contribution >= 0.6 is 0 Å². The van der Waals surface area contributed by atoms with Crippen molar-refractivity contribution >= 4 is 23.3 Å². The first-order valence-electron chi connectivity index (χ1n) is 11.9. The minimum Gasteiger partial charge on any atom is -0.365 e. The van der Waals surface area contributed by atoms with Gasteiger partial charge in [0.1, 0.15) is 0 Å². The van der Waals surface area contributed by atoms with Gasteiger partial charge in [0.15, 0.2) is 17.5 Å². The standard InChI is InChI=1S/C24H34FN9/c1-23(2)11-18(12-24(3,4)31-23)27-20-19(25)13-26-22(29-20)28-17-9-15(14-6-7-14)8-16(10-17)21-30-32-33-34(21)5/h8-10,13-14,18,31-33H,6-7,11-12H2,1-5H3,(H2,26,27,28,29). The Morgan fingerprint density at radius 1 is 1.09 bits per heavy atom. The van der Waals surface area contributed by atoms with Crippen molar-refractivity contribution in [2.24, 2.45) is 5.10 Å². The van der Waals surface area contributed by atoms with E-state index in [0.29, 0.717) is 11.9 Å². The molecule has 34 heavy (non-hydrogen) atoms. The summed E-state index contributed by atoms with van der Waals surface area (Å²) in [5, 5.41) is 16.4. The molecule has 2 fully saturated rings. The van der Waals surface area contributed by atoms with Gasteiger partial charge in [0.2, 0.25) is 5.95 Å². The number of anilines is 3. The van der Waals surface area contributed by atoms with Crippen LogP contribution < -0.4 is 27.0 Å². The second-order valence-electron chi connectivity index (χ2n) is 11.0. The number of piperidine rings is 1. The quantitative estimate of drug-likeness (QED) is 0.440. The molecule has 0 radical (unpaired) electrons. The normalized spacial score (nSPS) is 21.7. The van der Waals surface area contributed by atoms with Gasteiger partial charge in [0.25, 0.3) is 0 Å². The molecule has 0 atom stereocenters. The van der Waals surface area contributed by atoms with Crippen LogP contribution in [0.5, 0.6) is 0 Å². The Kier molecular flexibility index (Phi) is 5.60. The Morgan fingerprint density at radius 3 is 2.47 bits per heavy atom. The van der Waals surface area contributed by atoms with Gasteiger partial charge >= 0.3 is 0 Å². The minimum atomic E-state index is -0.453. The van der Waals surface area contributed by atoms with Crippen molar-refractivity contribution in [1.29, 1.82) is 0 Å². The van der Waals surface area contributed by atoms with E-state index in [-0.39, 0.29) is 22.9 Å². The lowest BCUT2D eigenvalue weighted by Gasteiger charge is -2.46. The van der Waals surface area contributed by atoms with E-state index in [9.17, 15) is 4.39 Å². The zero-order valence-corrected chi connectivity index (χ0v) is 20.5. The van der Waals surface area contributed by atoms with E-state index in [2.05, 4.69) is 81.9 Å². The summed E-state index contributed by atoms with van der Waals surface area (Å²) < 4.78 is 14.7. The zero-order chi connectivity index (χ0) is 24.1. The Balaban J connectivity index is 1.38. The molecule has 10 heteroatoms. The third-order valence-electron chi connectivity index (χ3n) is 6.49. The number of nitrogens with zero attached hydrogens (tertiary/aromatic N) is 4. The number of rotatable bonds is 6. The average Bonchev–Trinajstić information content (AvgIpc) is 3.49. The van der Waals surface area contributed by atoms with Crippen LogP contribution in [0, 0.1) is 5.82 Å². The number of hydrogen-bond donors (Lipinski definition) is 5. The number of halogens is 1. The van der Waals surface area contributed by atoms with Crippen molar-refractivity contribution in [1.82, 2.24) is 31.4 Å². The summed E-state index contributed by atoms with van der Waals surface area (Å²) in [4.78, 5) is 8.70. The van der Waals surface area contributed by atoms with Gasteiger partial charge in [0, 0.05) is 35.4 Å². The van der Waals surface area contributed by atoms with Crippen molar-refractivity contribution in [2.75, 3.05) is 17.7 Å².